The minimum absolute atomic E-state index is 0.0132. The van der Waals surface area contributed by atoms with Gasteiger partial charge in [0.1, 0.15) is 11.7 Å². The lowest BCUT2D eigenvalue weighted by molar-refractivity contribution is -0.144. The first kappa shape index (κ1) is 18.1. The second kappa shape index (κ2) is 7.13. The van der Waals surface area contributed by atoms with Gasteiger partial charge in [0.25, 0.3) is 5.91 Å². The van der Waals surface area contributed by atoms with Crippen LogP contribution in [-0.4, -0.2) is 62.0 Å². The summed E-state index contributed by atoms with van der Waals surface area (Å²) in [6.07, 6.45) is 7.12. The van der Waals surface area contributed by atoms with Gasteiger partial charge < -0.3 is 15.5 Å². The van der Waals surface area contributed by atoms with Crippen molar-refractivity contribution in [1.29, 1.82) is 0 Å². The van der Waals surface area contributed by atoms with Gasteiger partial charge in [0.05, 0.1) is 6.20 Å². The topological polar surface area (TPSA) is 120 Å². The van der Waals surface area contributed by atoms with Crippen LogP contribution >= 0.6 is 0 Å². The van der Waals surface area contributed by atoms with Crippen molar-refractivity contribution in [2.45, 2.75) is 69.1 Å². The molecule has 4 atom stereocenters. The molecule has 3 amide bonds. The van der Waals surface area contributed by atoms with Crippen molar-refractivity contribution < 1.29 is 14.4 Å². The maximum atomic E-state index is 13.0. The van der Waals surface area contributed by atoms with Crippen molar-refractivity contribution in [2.24, 2.45) is 0 Å². The Morgan fingerprint density at radius 1 is 1.14 bits per heavy atom. The van der Waals surface area contributed by atoms with E-state index in [0.717, 1.165) is 37.5 Å². The average Bonchev–Trinajstić information content (AvgIpc) is 3.35. The highest BCUT2D eigenvalue weighted by Gasteiger charge is 2.44. The van der Waals surface area contributed by atoms with Crippen LogP contribution in [0.2, 0.25) is 0 Å². The molecule has 152 valence electrons. The molecule has 2 bridgehead atoms. The van der Waals surface area contributed by atoms with Crippen molar-refractivity contribution in [3.8, 4) is 0 Å². The third kappa shape index (κ3) is 3.34. The summed E-state index contributed by atoms with van der Waals surface area (Å²) in [6.45, 7) is 0. The Labute approximate surface area is 167 Å². The molecule has 0 radical (unpaired) electrons. The summed E-state index contributed by atoms with van der Waals surface area (Å²) in [5.41, 5.74) is 0.952. The molecule has 1 unspecified atom stereocenters. The molecule has 3 saturated heterocycles. The van der Waals surface area contributed by atoms with Crippen LogP contribution < -0.4 is 10.6 Å². The molecule has 9 nitrogen and oxygen atoms in total. The molecular weight excluding hydrogens is 372 g/mol. The van der Waals surface area contributed by atoms with Gasteiger partial charge in [0, 0.05) is 29.9 Å². The van der Waals surface area contributed by atoms with Crippen LogP contribution in [0, 0.1) is 0 Å². The van der Waals surface area contributed by atoms with E-state index in [2.05, 4.69) is 25.8 Å². The van der Waals surface area contributed by atoms with Crippen LogP contribution in [0.5, 0.6) is 0 Å². The molecule has 3 aliphatic rings. The van der Waals surface area contributed by atoms with E-state index in [4.69, 9.17) is 0 Å². The summed E-state index contributed by atoms with van der Waals surface area (Å²) in [5.74, 6) is -0.202. The van der Waals surface area contributed by atoms with Crippen LogP contribution in [0.25, 0.3) is 11.0 Å². The lowest BCUT2D eigenvalue weighted by Crippen LogP contribution is -2.61. The first-order valence-electron chi connectivity index (χ1n) is 10.3. The zero-order valence-corrected chi connectivity index (χ0v) is 16.1. The molecule has 29 heavy (non-hydrogen) atoms. The number of carbonyl (C=O) groups excluding carboxylic acids is 3. The summed E-state index contributed by atoms with van der Waals surface area (Å²) < 4.78 is 0. The van der Waals surface area contributed by atoms with Gasteiger partial charge in [-0.3, -0.25) is 19.5 Å². The molecule has 2 aromatic rings. The Morgan fingerprint density at radius 2 is 1.93 bits per heavy atom. The number of amides is 3. The normalized spacial score (nSPS) is 29.0. The fraction of sp³-hybridized carbons (Fsp3) is 0.550. The van der Waals surface area contributed by atoms with Crippen molar-refractivity contribution in [3.63, 3.8) is 0 Å². The lowest BCUT2D eigenvalue weighted by atomic mass is 9.81. The van der Waals surface area contributed by atoms with Crippen molar-refractivity contribution in [1.82, 2.24) is 30.7 Å². The van der Waals surface area contributed by atoms with E-state index in [0.29, 0.717) is 24.2 Å². The highest BCUT2D eigenvalue weighted by molar-refractivity contribution is 5.94. The Kier molecular flexibility index (Phi) is 4.44. The molecule has 3 aliphatic heterocycles. The fourth-order valence-electron chi connectivity index (χ4n) is 5.05. The Hall–Kier alpha value is -2.97. The van der Waals surface area contributed by atoms with E-state index in [9.17, 15) is 14.4 Å². The van der Waals surface area contributed by atoms with Crippen molar-refractivity contribution in [2.75, 3.05) is 0 Å². The van der Waals surface area contributed by atoms with Crippen molar-refractivity contribution in [3.05, 3.63) is 24.0 Å². The SMILES string of the molecule is O=C1CC[C@H](C(=O)N2[C@@H]3CCC[C@H]2CC(NC(=O)c2ccc4cn[nH]c4n2)C3)N1. The maximum absolute atomic E-state index is 13.0. The number of rotatable bonds is 3. The number of nitrogens with one attached hydrogen (secondary N) is 3. The molecule has 3 N–H and O–H groups in total. The second-order valence-corrected chi connectivity index (χ2v) is 8.29. The number of aromatic nitrogens is 3. The van der Waals surface area contributed by atoms with E-state index in [1.54, 1.807) is 12.3 Å². The molecular formula is C20H24N6O3. The quantitative estimate of drug-likeness (QED) is 0.711. The number of nitrogens with zero attached hydrogens (tertiary/aromatic N) is 3. The number of piperidine rings is 2. The van der Waals surface area contributed by atoms with E-state index < -0.39 is 0 Å². The minimum Gasteiger partial charge on any atom is -0.348 e. The third-order valence-corrected chi connectivity index (χ3v) is 6.39. The number of fused-ring (bicyclic) bond motifs is 3. The fourth-order valence-corrected chi connectivity index (χ4v) is 5.05. The predicted octanol–water partition coefficient (Wildman–Crippen LogP) is 0.878. The monoisotopic (exact) mass is 396 g/mol. The zero-order valence-electron chi connectivity index (χ0n) is 16.1. The highest BCUT2D eigenvalue weighted by atomic mass is 16.2. The first-order chi connectivity index (χ1) is 14.1. The summed E-state index contributed by atoms with van der Waals surface area (Å²) >= 11 is 0. The van der Waals surface area contributed by atoms with Crippen LogP contribution in [0.4, 0.5) is 0 Å². The number of hydrogen-bond acceptors (Lipinski definition) is 5. The summed E-state index contributed by atoms with van der Waals surface area (Å²) in [7, 11) is 0. The Bertz CT molecular complexity index is 958. The first-order valence-corrected chi connectivity index (χ1v) is 10.3. The highest BCUT2D eigenvalue weighted by Crippen LogP contribution is 2.35. The number of H-pyrrole nitrogens is 1. The van der Waals surface area contributed by atoms with Crippen LogP contribution in [-0.2, 0) is 9.59 Å². The van der Waals surface area contributed by atoms with Crippen LogP contribution in [0.15, 0.2) is 18.3 Å². The molecule has 0 spiro atoms. The predicted molar refractivity (Wildman–Crippen MR) is 104 cm³/mol. The van der Waals surface area contributed by atoms with Gasteiger partial charge in [-0.25, -0.2) is 4.98 Å². The van der Waals surface area contributed by atoms with Gasteiger partial charge in [-0.1, -0.05) is 0 Å². The number of carbonyl (C=O) groups is 3. The number of hydrogen-bond donors (Lipinski definition) is 3. The van der Waals surface area contributed by atoms with E-state index in [1.807, 2.05) is 11.0 Å². The largest absolute Gasteiger partial charge is 0.348 e. The molecule has 9 heteroatoms. The van der Waals surface area contributed by atoms with Crippen LogP contribution in [0.1, 0.15) is 55.4 Å². The van der Waals surface area contributed by atoms with E-state index >= 15 is 0 Å². The minimum atomic E-state index is -0.387. The summed E-state index contributed by atoms with van der Waals surface area (Å²) in [4.78, 5) is 43.6. The number of aromatic amines is 1. The summed E-state index contributed by atoms with van der Waals surface area (Å²) in [6, 6.07) is 3.38. The molecule has 5 rings (SSSR count). The summed E-state index contributed by atoms with van der Waals surface area (Å²) in [5, 5.41) is 13.5. The molecule has 2 aromatic heterocycles. The van der Waals surface area contributed by atoms with E-state index in [-0.39, 0.29) is 41.9 Å². The van der Waals surface area contributed by atoms with E-state index in [1.165, 1.54) is 0 Å². The van der Waals surface area contributed by atoms with Crippen LogP contribution in [0.3, 0.4) is 0 Å². The molecule has 3 fully saturated rings. The van der Waals surface area contributed by atoms with Gasteiger partial charge in [0.2, 0.25) is 11.8 Å². The van der Waals surface area contributed by atoms with Gasteiger partial charge in [-0.2, -0.15) is 5.10 Å². The van der Waals surface area contributed by atoms with Gasteiger partial charge >= 0.3 is 0 Å². The molecule has 0 aromatic carbocycles. The van der Waals surface area contributed by atoms with Gasteiger partial charge in [-0.05, 0) is 50.7 Å². The smallest absolute Gasteiger partial charge is 0.270 e. The lowest BCUT2D eigenvalue weighted by Gasteiger charge is -2.49. The third-order valence-electron chi connectivity index (χ3n) is 6.39. The van der Waals surface area contributed by atoms with Crippen molar-refractivity contribution >= 4 is 28.8 Å². The average molecular weight is 396 g/mol. The Morgan fingerprint density at radius 3 is 2.66 bits per heavy atom. The zero-order chi connectivity index (χ0) is 20.0. The van der Waals surface area contributed by atoms with Gasteiger partial charge in [0.15, 0.2) is 5.65 Å². The Balaban J connectivity index is 1.27. The molecule has 0 aliphatic carbocycles. The molecule has 5 heterocycles. The number of pyridine rings is 1. The van der Waals surface area contributed by atoms with Gasteiger partial charge in [-0.15, -0.1) is 0 Å². The maximum Gasteiger partial charge on any atom is 0.270 e. The standard InChI is InChI=1S/C20H24N6O3/c27-17-7-6-16(23-17)20(29)26-13-2-1-3-14(26)9-12(8-13)22-19(28)15-5-4-11-10-21-25-18(11)24-15/h4-5,10,12-14,16H,1-3,6-9H2,(H,22,28)(H,23,27)(H,21,24,25)/t12?,13-,14+,16-/m1/s1. The second-order valence-electron chi connectivity index (χ2n) is 8.29. The molecule has 0 saturated carbocycles.